The molecule has 1 fully saturated rings. The van der Waals surface area contributed by atoms with Gasteiger partial charge in [0.15, 0.2) is 18.3 Å². The zero-order valence-electron chi connectivity index (χ0n) is 25.2. The summed E-state index contributed by atoms with van der Waals surface area (Å²) in [5.41, 5.74) is 0. The first-order valence-electron chi connectivity index (χ1n) is 13.3. The van der Waals surface area contributed by atoms with E-state index < -0.39 is 66.5 Å². The van der Waals surface area contributed by atoms with Crippen LogP contribution in [0, 0.1) is 0 Å². The van der Waals surface area contributed by atoms with Gasteiger partial charge in [0.25, 0.3) is 0 Å². The lowest BCUT2D eigenvalue weighted by Crippen LogP contribution is -2.63. The van der Waals surface area contributed by atoms with Crippen LogP contribution >= 0.6 is 0 Å². The number of carbonyl (C=O) groups excluding carboxylic acids is 6. The number of hydrogen-bond acceptors (Lipinski definition) is 17. The largest absolute Gasteiger partial charge is 0.468 e. The summed E-state index contributed by atoms with van der Waals surface area (Å²) in [5.74, 6) is -3.87. The predicted octanol–water partition coefficient (Wildman–Crippen LogP) is -1.23. The highest BCUT2D eigenvalue weighted by atomic mass is 16.7. The van der Waals surface area contributed by atoms with Crippen molar-refractivity contribution in [2.24, 2.45) is 0 Å². The molecule has 0 bridgehead atoms. The lowest BCUT2D eigenvalue weighted by atomic mass is 9.98. The van der Waals surface area contributed by atoms with Crippen LogP contribution in [0.3, 0.4) is 0 Å². The molecule has 17 nitrogen and oxygen atoms in total. The van der Waals surface area contributed by atoms with Crippen LogP contribution in [0.4, 0.5) is 0 Å². The van der Waals surface area contributed by atoms with Gasteiger partial charge in [-0.2, -0.15) is 0 Å². The summed E-state index contributed by atoms with van der Waals surface area (Å²) in [6.45, 7) is 4.67. The molecular formula is C26H41NO16. The Labute approximate surface area is 249 Å². The van der Waals surface area contributed by atoms with Crippen molar-refractivity contribution >= 4 is 35.8 Å². The highest BCUT2D eigenvalue weighted by molar-refractivity contribution is 5.74. The second-order valence-corrected chi connectivity index (χ2v) is 9.03. The molecule has 0 saturated carbocycles. The molecule has 0 N–H and O–H groups in total. The maximum Gasteiger partial charge on any atom is 0.319 e. The lowest BCUT2D eigenvalue weighted by Gasteiger charge is -2.44. The summed E-state index contributed by atoms with van der Waals surface area (Å²) < 4.78 is 52.7. The number of carbonyl (C=O) groups is 6. The van der Waals surface area contributed by atoms with Gasteiger partial charge in [0, 0.05) is 34.2 Å². The second kappa shape index (κ2) is 20.5. The van der Waals surface area contributed by atoms with E-state index in [1.54, 1.807) is 0 Å². The van der Waals surface area contributed by atoms with E-state index in [0.29, 0.717) is 0 Å². The third-order valence-corrected chi connectivity index (χ3v) is 5.55. The molecule has 0 spiro atoms. The molecule has 0 aromatic rings. The van der Waals surface area contributed by atoms with Gasteiger partial charge < -0.3 is 47.4 Å². The minimum Gasteiger partial charge on any atom is -0.468 e. The third-order valence-electron chi connectivity index (χ3n) is 5.55. The predicted molar refractivity (Wildman–Crippen MR) is 140 cm³/mol. The Hall–Kier alpha value is -3.38. The number of methoxy groups -OCH3 is 2. The highest BCUT2D eigenvalue weighted by Crippen LogP contribution is 2.29. The topological polar surface area (TPSA) is 198 Å². The van der Waals surface area contributed by atoms with E-state index in [4.69, 9.17) is 37.9 Å². The Kier molecular flexibility index (Phi) is 18.0. The van der Waals surface area contributed by atoms with Gasteiger partial charge in [-0.25, -0.2) is 0 Å². The normalized spacial score (nSPS) is 21.4. The summed E-state index contributed by atoms with van der Waals surface area (Å²) in [6.07, 6.45) is -6.34. The van der Waals surface area contributed by atoms with E-state index in [2.05, 4.69) is 9.47 Å². The van der Waals surface area contributed by atoms with Crippen LogP contribution in [-0.2, 0) is 76.1 Å². The molecule has 1 heterocycles. The van der Waals surface area contributed by atoms with E-state index in [1.807, 2.05) is 0 Å². The Bertz CT molecular complexity index is 909. The van der Waals surface area contributed by atoms with E-state index in [-0.39, 0.29) is 59.3 Å². The van der Waals surface area contributed by atoms with Gasteiger partial charge in [-0.3, -0.25) is 33.7 Å². The zero-order chi connectivity index (χ0) is 32.4. The van der Waals surface area contributed by atoms with Crippen molar-refractivity contribution in [2.45, 2.75) is 58.4 Å². The van der Waals surface area contributed by atoms with Gasteiger partial charge in [-0.05, 0) is 0 Å². The summed E-state index contributed by atoms with van der Waals surface area (Å²) in [4.78, 5) is 71.5. The molecule has 1 saturated heterocycles. The number of esters is 6. The SMILES string of the molecule is COC(=O)CN(CCOCCOCCO[C@H]1C(OC(C)=O)O[C@H](COC(C)=O)[C@@H](OC(C)=O)[C@@H]1OC(C)=O)CC(=O)OC. The van der Waals surface area contributed by atoms with E-state index >= 15 is 0 Å². The van der Waals surface area contributed by atoms with Crippen LogP contribution in [-0.4, -0.2) is 145 Å². The monoisotopic (exact) mass is 623 g/mol. The highest BCUT2D eigenvalue weighted by Gasteiger charge is 2.52. The second-order valence-electron chi connectivity index (χ2n) is 9.03. The molecular weight excluding hydrogens is 582 g/mol. The molecule has 0 amide bonds. The summed E-state index contributed by atoms with van der Waals surface area (Å²) in [5, 5.41) is 0. The van der Waals surface area contributed by atoms with E-state index in [9.17, 15) is 28.8 Å². The molecule has 0 radical (unpaired) electrons. The fourth-order valence-corrected chi connectivity index (χ4v) is 3.77. The van der Waals surface area contributed by atoms with Crippen molar-refractivity contribution in [2.75, 3.05) is 73.5 Å². The Balaban J connectivity index is 2.70. The minimum absolute atomic E-state index is 0.0331. The summed E-state index contributed by atoms with van der Waals surface area (Å²) in [7, 11) is 2.48. The Morgan fingerprint density at radius 3 is 1.65 bits per heavy atom. The van der Waals surface area contributed by atoms with Gasteiger partial charge in [0.2, 0.25) is 6.29 Å². The maximum absolute atomic E-state index is 11.9. The summed E-state index contributed by atoms with van der Waals surface area (Å²) >= 11 is 0. The Morgan fingerprint density at radius 2 is 1.14 bits per heavy atom. The van der Waals surface area contributed by atoms with E-state index in [1.165, 1.54) is 26.0 Å². The molecule has 1 unspecified atom stereocenters. The van der Waals surface area contributed by atoms with Crippen LogP contribution in [0.1, 0.15) is 27.7 Å². The van der Waals surface area contributed by atoms with Crippen LogP contribution in [0.2, 0.25) is 0 Å². The van der Waals surface area contributed by atoms with Gasteiger partial charge >= 0.3 is 35.8 Å². The van der Waals surface area contributed by atoms with Crippen molar-refractivity contribution < 1.29 is 76.1 Å². The van der Waals surface area contributed by atoms with Gasteiger partial charge in [-0.1, -0.05) is 0 Å². The first-order chi connectivity index (χ1) is 20.4. The molecule has 5 atom stereocenters. The molecule has 17 heteroatoms. The van der Waals surface area contributed by atoms with Crippen LogP contribution in [0.5, 0.6) is 0 Å². The number of nitrogens with zero attached hydrogens (tertiary/aromatic N) is 1. The average molecular weight is 624 g/mol. The number of rotatable bonds is 19. The van der Waals surface area contributed by atoms with Gasteiger partial charge in [0.1, 0.15) is 12.7 Å². The Morgan fingerprint density at radius 1 is 0.628 bits per heavy atom. The van der Waals surface area contributed by atoms with Crippen molar-refractivity contribution in [1.29, 1.82) is 0 Å². The fourth-order valence-electron chi connectivity index (χ4n) is 3.77. The third kappa shape index (κ3) is 15.6. The molecule has 0 aromatic carbocycles. The molecule has 1 aliphatic heterocycles. The standard InChI is InChI=1S/C26H41NO16/c1-16(28)39-15-20-23(40-17(2)29)24(41-18(3)30)25(26(43-20)42-19(4)31)38-12-11-37-10-9-36-8-7-27(13-21(32)34-5)14-22(33)35-6/h20,23-26H,7-15H2,1-6H3/t20-,23-,24+,25-,26?/m1/s1. The van der Waals surface area contributed by atoms with Gasteiger partial charge in [0.05, 0.1) is 60.3 Å². The van der Waals surface area contributed by atoms with Crippen LogP contribution in [0.15, 0.2) is 0 Å². The lowest BCUT2D eigenvalue weighted by molar-refractivity contribution is -0.306. The molecule has 1 rings (SSSR count). The molecule has 246 valence electrons. The van der Waals surface area contributed by atoms with Crippen molar-refractivity contribution in [3.63, 3.8) is 0 Å². The minimum atomic E-state index is -1.41. The first kappa shape index (κ1) is 37.6. The number of hydrogen-bond donors (Lipinski definition) is 0. The van der Waals surface area contributed by atoms with Crippen LogP contribution < -0.4 is 0 Å². The van der Waals surface area contributed by atoms with Crippen molar-refractivity contribution in [3.05, 3.63) is 0 Å². The first-order valence-corrected chi connectivity index (χ1v) is 13.3. The molecule has 0 aliphatic carbocycles. The quantitative estimate of drug-likeness (QED) is 0.0940. The fraction of sp³-hybridized carbons (Fsp3) is 0.769. The van der Waals surface area contributed by atoms with E-state index in [0.717, 1.165) is 20.8 Å². The summed E-state index contributed by atoms with van der Waals surface area (Å²) in [6, 6.07) is 0. The average Bonchev–Trinajstić information content (AvgIpc) is 2.92. The van der Waals surface area contributed by atoms with Gasteiger partial charge in [-0.15, -0.1) is 0 Å². The molecule has 1 aliphatic rings. The van der Waals surface area contributed by atoms with Crippen molar-refractivity contribution in [1.82, 2.24) is 4.90 Å². The molecule has 43 heavy (non-hydrogen) atoms. The zero-order valence-corrected chi connectivity index (χ0v) is 25.2. The van der Waals surface area contributed by atoms with Crippen LogP contribution in [0.25, 0.3) is 0 Å². The maximum atomic E-state index is 11.9. The smallest absolute Gasteiger partial charge is 0.319 e. The molecule has 0 aromatic heterocycles. The number of ether oxygens (including phenoxy) is 10. The van der Waals surface area contributed by atoms with Crippen molar-refractivity contribution in [3.8, 4) is 0 Å².